The van der Waals surface area contributed by atoms with Crippen molar-refractivity contribution in [2.75, 3.05) is 0 Å². The largest absolute Gasteiger partial charge is 0.263 e. The van der Waals surface area contributed by atoms with Gasteiger partial charge in [-0.2, -0.15) is 0 Å². The summed E-state index contributed by atoms with van der Waals surface area (Å²) < 4.78 is 9.87. The third kappa shape index (κ3) is 0.838. The Bertz CT molecular complexity index is 162. The summed E-state index contributed by atoms with van der Waals surface area (Å²) in [5, 5.41) is 0. The summed E-state index contributed by atoms with van der Waals surface area (Å²) in [7, 11) is 0. The molecule has 0 bridgehead atoms. The lowest BCUT2D eigenvalue weighted by molar-refractivity contribution is 0.701. The summed E-state index contributed by atoms with van der Waals surface area (Å²) in [6.07, 6.45) is 4.82. The van der Waals surface area contributed by atoms with Crippen molar-refractivity contribution in [3.8, 4) is 0 Å². The molecule has 0 aromatic heterocycles. The van der Waals surface area contributed by atoms with Crippen molar-refractivity contribution < 1.29 is 4.21 Å². The normalized spacial score (nSPS) is 15.7. The summed E-state index contributed by atoms with van der Waals surface area (Å²) in [6, 6.07) is 0. The highest BCUT2D eigenvalue weighted by Gasteiger charge is 1.88. The van der Waals surface area contributed by atoms with Crippen LogP contribution in [-0.2, 0) is 11.3 Å². The number of allylic oxidation sites excluding steroid dienone is 1. The minimum absolute atomic E-state index is 0.463. The molecular weight excluding hydrogens is 110 g/mol. The van der Waals surface area contributed by atoms with E-state index in [1.807, 2.05) is 0 Å². The third-order valence-corrected chi connectivity index (χ3v) is 1.06. The zero-order chi connectivity index (χ0) is 5.11. The Morgan fingerprint density at radius 1 is 1.71 bits per heavy atom. The van der Waals surface area contributed by atoms with Gasteiger partial charge in [-0.1, -0.05) is 0 Å². The zero-order valence-electron chi connectivity index (χ0n) is 3.50. The van der Waals surface area contributed by atoms with Crippen LogP contribution in [0.15, 0.2) is 17.3 Å². The Morgan fingerprint density at radius 2 is 2.57 bits per heavy atom. The molecule has 0 unspecified atom stereocenters. The standard InChI is InChI=1S/C4H3NOS/c6-7-4-1-2-5-3-4/h1-3H. The molecule has 3 heteroatoms. The first kappa shape index (κ1) is 4.46. The highest BCUT2D eigenvalue weighted by molar-refractivity contribution is 7.68. The molecule has 0 aromatic carbocycles. The van der Waals surface area contributed by atoms with Crippen LogP contribution in [0.5, 0.6) is 0 Å². The number of rotatable bonds is 0. The van der Waals surface area contributed by atoms with Crippen LogP contribution in [0.3, 0.4) is 0 Å². The first-order valence-corrected chi connectivity index (χ1v) is 2.54. The summed E-state index contributed by atoms with van der Waals surface area (Å²) >= 11 is 0.463. The molecular formula is C4H3NOS. The van der Waals surface area contributed by atoms with Gasteiger partial charge in [-0.05, 0) is 6.08 Å². The predicted octanol–water partition coefficient (Wildman–Crippen LogP) is -0.0301. The summed E-state index contributed by atoms with van der Waals surface area (Å²) in [4.78, 5) is 4.35. The molecule has 1 aliphatic heterocycles. The van der Waals surface area contributed by atoms with Crippen LogP contribution in [0, 0.1) is 0 Å². The van der Waals surface area contributed by atoms with E-state index in [0.717, 1.165) is 0 Å². The Labute approximate surface area is 44.6 Å². The smallest absolute Gasteiger partial charge is 0.0982 e. The minimum atomic E-state index is 0.463. The first-order chi connectivity index (χ1) is 3.43. The molecule has 0 N–H and O–H groups in total. The molecule has 36 valence electrons. The van der Waals surface area contributed by atoms with E-state index in [1.54, 1.807) is 12.3 Å². The summed E-state index contributed by atoms with van der Waals surface area (Å²) in [5.41, 5.74) is 0. The van der Waals surface area contributed by atoms with E-state index in [1.165, 1.54) is 6.21 Å². The lowest BCUT2D eigenvalue weighted by Gasteiger charge is -1.64. The molecule has 0 aliphatic carbocycles. The first-order valence-electron chi connectivity index (χ1n) is 1.80. The Kier molecular flexibility index (Phi) is 1.17. The van der Waals surface area contributed by atoms with Crippen molar-refractivity contribution in [1.82, 2.24) is 0 Å². The highest BCUT2D eigenvalue weighted by atomic mass is 32.1. The van der Waals surface area contributed by atoms with Crippen LogP contribution in [0.1, 0.15) is 0 Å². The molecule has 1 rings (SSSR count). The molecule has 1 heterocycles. The van der Waals surface area contributed by atoms with Crippen molar-refractivity contribution in [3.63, 3.8) is 0 Å². The van der Waals surface area contributed by atoms with Gasteiger partial charge < -0.3 is 0 Å². The monoisotopic (exact) mass is 113 g/mol. The van der Waals surface area contributed by atoms with Gasteiger partial charge in [0.05, 0.1) is 16.1 Å². The minimum Gasteiger partial charge on any atom is -0.263 e. The van der Waals surface area contributed by atoms with Crippen molar-refractivity contribution in [2.45, 2.75) is 0 Å². The van der Waals surface area contributed by atoms with Crippen LogP contribution in [0.25, 0.3) is 0 Å². The average molecular weight is 113 g/mol. The van der Waals surface area contributed by atoms with E-state index in [9.17, 15) is 4.21 Å². The molecule has 0 aromatic rings. The van der Waals surface area contributed by atoms with Crippen molar-refractivity contribution in [1.29, 1.82) is 0 Å². The van der Waals surface area contributed by atoms with Gasteiger partial charge in [0, 0.05) is 12.4 Å². The summed E-state index contributed by atoms with van der Waals surface area (Å²) in [5.74, 6) is 0. The van der Waals surface area contributed by atoms with Gasteiger partial charge >= 0.3 is 0 Å². The number of aliphatic imine (C=N–C) groups is 1. The fraction of sp³-hybridized carbons (Fsp3) is 0. The molecule has 0 fully saturated rings. The van der Waals surface area contributed by atoms with E-state index in [-0.39, 0.29) is 0 Å². The average Bonchev–Trinajstić information content (AvgIpc) is 2.14. The summed E-state index contributed by atoms with van der Waals surface area (Å²) in [6.45, 7) is 0. The van der Waals surface area contributed by atoms with Gasteiger partial charge in [0.2, 0.25) is 0 Å². The second-order valence-corrected chi connectivity index (χ2v) is 1.72. The van der Waals surface area contributed by atoms with Gasteiger partial charge in [0.15, 0.2) is 0 Å². The van der Waals surface area contributed by atoms with Crippen molar-refractivity contribution >= 4 is 22.3 Å². The maximum Gasteiger partial charge on any atom is 0.0982 e. The topological polar surface area (TPSA) is 29.4 Å². The molecule has 0 spiro atoms. The van der Waals surface area contributed by atoms with Gasteiger partial charge in [0.1, 0.15) is 0 Å². The Morgan fingerprint density at radius 3 is 2.86 bits per heavy atom. The van der Waals surface area contributed by atoms with E-state index in [2.05, 4.69) is 4.99 Å². The molecule has 0 amide bonds. The van der Waals surface area contributed by atoms with Crippen molar-refractivity contribution in [3.05, 3.63) is 12.3 Å². The highest BCUT2D eigenvalue weighted by Crippen LogP contribution is 1.83. The van der Waals surface area contributed by atoms with Crippen LogP contribution in [0.2, 0.25) is 0 Å². The molecule has 1 aliphatic rings. The van der Waals surface area contributed by atoms with Crippen LogP contribution in [0.4, 0.5) is 0 Å². The maximum atomic E-state index is 9.87. The van der Waals surface area contributed by atoms with Crippen LogP contribution < -0.4 is 0 Å². The Hall–Kier alpha value is -0.700. The number of nitrogens with zero attached hydrogens (tertiary/aromatic N) is 1. The third-order valence-electron chi connectivity index (χ3n) is 0.623. The second-order valence-electron chi connectivity index (χ2n) is 1.08. The molecule has 2 nitrogen and oxygen atoms in total. The second kappa shape index (κ2) is 1.84. The Balaban J connectivity index is 3.00. The molecule has 0 saturated carbocycles. The zero-order valence-corrected chi connectivity index (χ0v) is 4.31. The van der Waals surface area contributed by atoms with Crippen LogP contribution in [-0.4, -0.2) is 15.3 Å². The molecule has 0 radical (unpaired) electrons. The number of hydrogen-bond donors (Lipinski definition) is 0. The molecule has 0 saturated heterocycles. The van der Waals surface area contributed by atoms with Crippen molar-refractivity contribution in [2.24, 2.45) is 4.99 Å². The molecule has 0 atom stereocenters. The molecule has 7 heavy (non-hydrogen) atoms. The van der Waals surface area contributed by atoms with Gasteiger partial charge in [-0.25, -0.2) is 4.21 Å². The fourth-order valence-electron chi connectivity index (χ4n) is 0.325. The number of hydrogen-bond acceptors (Lipinski definition) is 2. The fourth-order valence-corrected chi connectivity index (χ4v) is 0.546. The lowest BCUT2D eigenvalue weighted by Crippen LogP contribution is -1.86. The van der Waals surface area contributed by atoms with Gasteiger partial charge in [-0.3, -0.25) is 4.99 Å². The van der Waals surface area contributed by atoms with Crippen LogP contribution >= 0.6 is 0 Å². The maximum absolute atomic E-state index is 9.87. The quantitative estimate of drug-likeness (QED) is 0.406. The predicted molar refractivity (Wildman–Crippen MR) is 30.8 cm³/mol. The van der Waals surface area contributed by atoms with Gasteiger partial charge in [0.25, 0.3) is 0 Å². The van der Waals surface area contributed by atoms with E-state index in [4.69, 9.17) is 0 Å². The van der Waals surface area contributed by atoms with E-state index in [0.29, 0.717) is 16.1 Å². The van der Waals surface area contributed by atoms with E-state index >= 15 is 0 Å². The van der Waals surface area contributed by atoms with E-state index < -0.39 is 0 Å². The SMILES string of the molecule is O=S=C1C=CN=C1. The lowest BCUT2D eigenvalue weighted by atomic mass is 10.5. The van der Waals surface area contributed by atoms with Gasteiger partial charge in [-0.15, -0.1) is 0 Å².